The van der Waals surface area contributed by atoms with Crippen LogP contribution in [0.2, 0.25) is 5.15 Å². The highest BCUT2D eigenvalue weighted by Gasteiger charge is 1.97. The lowest BCUT2D eigenvalue weighted by Crippen LogP contribution is -1.90. The minimum atomic E-state index is -0.421. The van der Waals surface area contributed by atoms with Crippen molar-refractivity contribution >= 4 is 11.6 Å². The van der Waals surface area contributed by atoms with Crippen LogP contribution in [0.15, 0.2) is 6.07 Å². The molecule has 0 atom stereocenters. The Morgan fingerprint density at radius 1 is 1.56 bits per heavy atom. The maximum Gasteiger partial charge on any atom is 0.154 e. The molecule has 1 aromatic heterocycles. The van der Waals surface area contributed by atoms with E-state index in [0.29, 0.717) is 0 Å². The van der Waals surface area contributed by atoms with Crippen LogP contribution >= 0.6 is 11.6 Å². The largest absolute Gasteiger partial charge is 0.205 e. The molecule has 0 bridgehead atoms. The molecule has 0 amide bonds. The first-order valence-electron chi connectivity index (χ1n) is 2.35. The lowest BCUT2D eigenvalue weighted by Gasteiger charge is -1.90. The third kappa shape index (κ3) is 1.36. The Morgan fingerprint density at radius 3 is 2.67 bits per heavy atom. The number of aryl methyl sites for hydroxylation is 1. The van der Waals surface area contributed by atoms with Gasteiger partial charge in [-0.3, -0.25) is 0 Å². The molecule has 0 fully saturated rings. The summed E-state index contributed by atoms with van der Waals surface area (Å²) in [5, 5.41) is 6.92. The molecule has 0 spiro atoms. The van der Waals surface area contributed by atoms with Gasteiger partial charge in [-0.1, -0.05) is 11.6 Å². The number of aromatic nitrogens is 2. The highest BCUT2D eigenvalue weighted by atomic mass is 35.5. The second-order valence-electron chi connectivity index (χ2n) is 1.60. The van der Waals surface area contributed by atoms with Crippen LogP contribution in [0.3, 0.4) is 0 Å². The molecule has 0 radical (unpaired) electrons. The van der Waals surface area contributed by atoms with Crippen molar-refractivity contribution in [3.05, 3.63) is 22.7 Å². The fourth-order valence-electron chi connectivity index (χ4n) is 0.408. The summed E-state index contributed by atoms with van der Waals surface area (Å²) in [4.78, 5) is 0. The quantitative estimate of drug-likeness (QED) is 0.555. The molecule has 0 aliphatic carbocycles. The molecule has 0 unspecified atom stereocenters. The molecule has 0 aliphatic rings. The van der Waals surface area contributed by atoms with Crippen molar-refractivity contribution < 1.29 is 4.39 Å². The average molecular weight is 147 g/mol. The van der Waals surface area contributed by atoms with Crippen LogP contribution in [0.1, 0.15) is 5.69 Å². The number of nitrogens with zero attached hydrogens (tertiary/aromatic N) is 2. The second-order valence-corrected chi connectivity index (χ2v) is 1.99. The Bertz CT molecular complexity index is 226. The van der Waals surface area contributed by atoms with Gasteiger partial charge in [-0.05, 0) is 6.92 Å². The van der Waals surface area contributed by atoms with Crippen molar-refractivity contribution in [2.75, 3.05) is 0 Å². The molecular weight excluding hydrogens is 143 g/mol. The first-order valence-corrected chi connectivity index (χ1v) is 2.73. The second kappa shape index (κ2) is 2.27. The first kappa shape index (κ1) is 6.42. The summed E-state index contributed by atoms with van der Waals surface area (Å²) >= 11 is 5.30. The summed E-state index contributed by atoms with van der Waals surface area (Å²) < 4.78 is 12.4. The summed E-state index contributed by atoms with van der Waals surface area (Å²) in [5.74, 6) is -0.421. The van der Waals surface area contributed by atoms with Gasteiger partial charge >= 0.3 is 0 Å². The standard InChI is InChI=1S/C5H4ClFN2/c1-3-4(7)2-5(6)9-8-3/h2H,1H3. The zero-order valence-corrected chi connectivity index (χ0v) is 5.48. The van der Waals surface area contributed by atoms with Crippen LogP contribution in [0.5, 0.6) is 0 Å². The summed E-state index contributed by atoms with van der Waals surface area (Å²) in [6.07, 6.45) is 0. The number of halogens is 2. The number of hydrogen-bond donors (Lipinski definition) is 0. The van der Waals surface area contributed by atoms with E-state index in [0.717, 1.165) is 6.07 Å². The van der Waals surface area contributed by atoms with Crippen molar-refractivity contribution in [3.8, 4) is 0 Å². The van der Waals surface area contributed by atoms with Crippen LogP contribution < -0.4 is 0 Å². The Labute approximate surface area is 56.7 Å². The summed E-state index contributed by atoms with van der Waals surface area (Å²) in [5.41, 5.74) is 0.263. The topological polar surface area (TPSA) is 25.8 Å². The third-order valence-electron chi connectivity index (χ3n) is 0.887. The molecule has 0 aromatic carbocycles. The SMILES string of the molecule is Cc1nnc(Cl)cc1F. The number of hydrogen-bond acceptors (Lipinski definition) is 2. The van der Waals surface area contributed by atoms with E-state index in [9.17, 15) is 4.39 Å². The molecule has 1 rings (SSSR count). The van der Waals surface area contributed by atoms with Gasteiger partial charge in [0.1, 0.15) is 5.82 Å². The molecule has 2 nitrogen and oxygen atoms in total. The van der Waals surface area contributed by atoms with Crippen molar-refractivity contribution in [3.63, 3.8) is 0 Å². The lowest BCUT2D eigenvalue weighted by molar-refractivity contribution is 0.602. The highest BCUT2D eigenvalue weighted by Crippen LogP contribution is 2.06. The molecule has 9 heavy (non-hydrogen) atoms. The lowest BCUT2D eigenvalue weighted by atomic mass is 10.4. The average Bonchev–Trinajstić information content (AvgIpc) is 1.80. The molecule has 48 valence electrons. The molecule has 0 N–H and O–H groups in total. The predicted octanol–water partition coefficient (Wildman–Crippen LogP) is 1.58. The van der Waals surface area contributed by atoms with Crippen LogP contribution in [-0.4, -0.2) is 10.2 Å². The summed E-state index contributed by atoms with van der Waals surface area (Å²) in [6, 6.07) is 1.13. The van der Waals surface area contributed by atoms with Crippen LogP contribution in [0.4, 0.5) is 4.39 Å². The van der Waals surface area contributed by atoms with Gasteiger partial charge in [0.05, 0.1) is 5.69 Å². The molecular formula is C5H4ClFN2. The fourth-order valence-corrected chi connectivity index (χ4v) is 0.542. The molecule has 0 saturated carbocycles. The molecule has 0 saturated heterocycles. The van der Waals surface area contributed by atoms with E-state index < -0.39 is 5.82 Å². The van der Waals surface area contributed by atoms with Gasteiger partial charge in [-0.15, -0.1) is 5.10 Å². The van der Waals surface area contributed by atoms with Crippen molar-refractivity contribution in [2.24, 2.45) is 0 Å². The predicted molar refractivity (Wildman–Crippen MR) is 31.7 cm³/mol. The van der Waals surface area contributed by atoms with Gasteiger partial charge in [-0.25, -0.2) is 4.39 Å². The van der Waals surface area contributed by atoms with Gasteiger partial charge < -0.3 is 0 Å². The zero-order chi connectivity index (χ0) is 6.85. The highest BCUT2D eigenvalue weighted by molar-refractivity contribution is 6.29. The minimum Gasteiger partial charge on any atom is -0.205 e. The summed E-state index contributed by atoms with van der Waals surface area (Å²) in [7, 11) is 0. The van der Waals surface area contributed by atoms with Gasteiger partial charge in [0.15, 0.2) is 5.15 Å². The van der Waals surface area contributed by atoms with E-state index in [1.165, 1.54) is 6.92 Å². The van der Waals surface area contributed by atoms with Crippen molar-refractivity contribution in [2.45, 2.75) is 6.92 Å². The van der Waals surface area contributed by atoms with Gasteiger partial charge in [0.2, 0.25) is 0 Å². The van der Waals surface area contributed by atoms with E-state index in [1.807, 2.05) is 0 Å². The summed E-state index contributed by atoms with van der Waals surface area (Å²) in [6.45, 7) is 1.53. The Hall–Kier alpha value is -0.700. The molecule has 4 heteroatoms. The van der Waals surface area contributed by atoms with E-state index in [2.05, 4.69) is 10.2 Å². The fraction of sp³-hybridized carbons (Fsp3) is 0.200. The molecule has 1 aromatic rings. The van der Waals surface area contributed by atoms with Gasteiger partial charge in [0, 0.05) is 6.07 Å². The van der Waals surface area contributed by atoms with E-state index in [1.54, 1.807) is 0 Å². The maximum atomic E-state index is 12.4. The minimum absolute atomic E-state index is 0.0816. The Kier molecular flexibility index (Phi) is 1.62. The smallest absolute Gasteiger partial charge is 0.154 e. The molecule has 0 aliphatic heterocycles. The monoisotopic (exact) mass is 146 g/mol. The van der Waals surface area contributed by atoms with E-state index in [-0.39, 0.29) is 10.8 Å². The van der Waals surface area contributed by atoms with Crippen LogP contribution in [-0.2, 0) is 0 Å². The zero-order valence-electron chi connectivity index (χ0n) is 4.73. The van der Waals surface area contributed by atoms with Crippen LogP contribution in [0.25, 0.3) is 0 Å². The van der Waals surface area contributed by atoms with Crippen molar-refractivity contribution in [1.29, 1.82) is 0 Å². The van der Waals surface area contributed by atoms with E-state index in [4.69, 9.17) is 11.6 Å². The Morgan fingerprint density at radius 2 is 2.22 bits per heavy atom. The van der Waals surface area contributed by atoms with E-state index >= 15 is 0 Å². The maximum absolute atomic E-state index is 12.4. The Balaban J connectivity index is 3.17. The van der Waals surface area contributed by atoms with Crippen LogP contribution in [0, 0.1) is 12.7 Å². The normalized spacial score (nSPS) is 9.67. The van der Waals surface area contributed by atoms with Gasteiger partial charge in [-0.2, -0.15) is 5.10 Å². The third-order valence-corrected chi connectivity index (χ3v) is 1.07. The number of rotatable bonds is 0. The molecule has 1 heterocycles. The van der Waals surface area contributed by atoms with Crippen molar-refractivity contribution in [1.82, 2.24) is 10.2 Å². The van der Waals surface area contributed by atoms with Gasteiger partial charge in [0.25, 0.3) is 0 Å². The first-order chi connectivity index (χ1) is 4.20.